The van der Waals surface area contributed by atoms with Crippen molar-refractivity contribution in [2.45, 2.75) is 57.2 Å². The molecule has 1 heterocycles. The molecule has 1 saturated heterocycles. The first-order valence-corrected chi connectivity index (χ1v) is 7.68. The lowest BCUT2D eigenvalue weighted by Gasteiger charge is -2.40. The Kier molecular flexibility index (Phi) is 4.68. The van der Waals surface area contributed by atoms with Crippen LogP contribution in [-0.2, 0) is 9.47 Å². The van der Waals surface area contributed by atoms with E-state index in [4.69, 9.17) is 9.47 Å². The van der Waals surface area contributed by atoms with Crippen LogP contribution in [0.15, 0.2) is 0 Å². The summed E-state index contributed by atoms with van der Waals surface area (Å²) in [5.41, 5.74) is 0.0590. The summed E-state index contributed by atoms with van der Waals surface area (Å²) in [6.45, 7) is 4.06. The van der Waals surface area contributed by atoms with Crippen LogP contribution in [0.5, 0.6) is 0 Å². The number of ether oxygens (including phenoxy) is 2. The molecule has 0 spiro atoms. The van der Waals surface area contributed by atoms with E-state index >= 15 is 0 Å². The highest BCUT2D eigenvalue weighted by molar-refractivity contribution is 9.09. The molecule has 0 aromatic rings. The second-order valence-corrected chi connectivity index (χ2v) is 5.99. The minimum atomic E-state index is 0.0590. The van der Waals surface area contributed by atoms with Crippen molar-refractivity contribution in [3.05, 3.63) is 0 Å². The molecule has 3 heteroatoms. The summed E-state index contributed by atoms with van der Waals surface area (Å²) < 4.78 is 11.8. The maximum atomic E-state index is 6.39. The van der Waals surface area contributed by atoms with Crippen LogP contribution < -0.4 is 0 Å². The number of alkyl halides is 1. The normalized spacial score (nSPS) is 34.9. The highest BCUT2D eigenvalue weighted by Gasteiger charge is 2.35. The van der Waals surface area contributed by atoms with Gasteiger partial charge in [-0.2, -0.15) is 0 Å². The molecule has 2 nitrogen and oxygen atoms in total. The summed E-state index contributed by atoms with van der Waals surface area (Å²) in [5.74, 6) is 0.898. The van der Waals surface area contributed by atoms with E-state index < -0.39 is 0 Å². The fourth-order valence-electron chi connectivity index (χ4n) is 2.73. The first-order valence-electron chi connectivity index (χ1n) is 6.56. The van der Waals surface area contributed by atoms with Crippen molar-refractivity contribution >= 4 is 15.9 Å². The van der Waals surface area contributed by atoms with Gasteiger partial charge < -0.3 is 9.47 Å². The van der Waals surface area contributed by atoms with Crippen molar-refractivity contribution < 1.29 is 9.47 Å². The largest absolute Gasteiger partial charge is 0.381 e. The van der Waals surface area contributed by atoms with Gasteiger partial charge in [0.25, 0.3) is 0 Å². The topological polar surface area (TPSA) is 18.5 Å². The van der Waals surface area contributed by atoms with Crippen molar-refractivity contribution in [1.29, 1.82) is 0 Å². The van der Waals surface area contributed by atoms with E-state index in [9.17, 15) is 0 Å². The molecule has 2 fully saturated rings. The Bertz CT molecular complexity index is 206. The Morgan fingerprint density at radius 2 is 1.81 bits per heavy atom. The van der Waals surface area contributed by atoms with Gasteiger partial charge in [0.05, 0.1) is 11.7 Å². The van der Waals surface area contributed by atoms with Crippen LogP contribution in [0.1, 0.15) is 45.4 Å². The molecule has 0 amide bonds. The molecule has 2 aliphatic rings. The third-order valence-electron chi connectivity index (χ3n) is 4.03. The van der Waals surface area contributed by atoms with E-state index in [0.717, 1.165) is 37.3 Å². The molecule has 1 aliphatic heterocycles. The first-order chi connectivity index (χ1) is 7.74. The van der Waals surface area contributed by atoms with E-state index in [1.165, 1.54) is 25.7 Å². The van der Waals surface area contributed by atoms with Gasteiger partial charge in [0.2, 0.25) is 0 Å². The van der Waals surface area contributed by atoms with E-state index in [1.807, 2.05) is 0 Å². The smallest absolute Gasteiger partial charge is 0.0826 e. The highest BCUT2D eigenvalue weighted by Crippen LogP contribution is 2.34. The summed E-state index contributed by atoms with van der Waals surface area (Å²) in [6.07, 6.45) is 7.74. The Balaban J connectivity index is 1.86. The monoisotopic (exact) mass is 290 g/mol. The SMILES string of the molecule is CC1CCC(OC2(CBr)CCOCC2)CC1. The quantitative estimate of drug-likeness (QED) is 0.741. The summed E-state index contributed by atoms with van der Waals surface area (Å²) in [6, 6.07) is 0. The lowest BCUT2D eigenvalue weighted by atomic mass is 9.87. The lowest BCUT2D eigenvalue weighted by Crippen LogP contribution is -2.44. The van der Waals surface area contributed by atoms with Gasteiger partial charge in [-0.15, -0.1) is 0 Å². The number of rotatable bonds is 3. The van der Waals surface area contributed by atoms with E-state index in [0.29, 0.717) is 6.10 Å². The fraction of sp³-hybridized carbons (Fsp3) is 1.00. The van der Waals surface area contributed by atoms with Gasteiger partial charge in [-0.3, -0.25) is 0 Å². The minimum absolute atomic E-state index is 0.0590. The molecule has 0 bridgehead atoms. The molecule has 2 rings (SSSR count). The molecule has 1 aliphatic carbocycles. The van der Waals surface area contributed by atoms with E-state index in [1.54, 1.807) is 0 Å². The molecule has 0 N–H and O–H groups in total. The van der Waals surface area contributed by atoms with Gasteiger partial charge in [-0.25, -0.2) is 0 Å². The summed E-state index contributed by atoms with van der Waals surface area (Å²) in [7, 11) is 0. The molecule has 0 unspecified atom stereocenters. The van der Waals surface area contributed by atoms with Crippen LogP contribution in [0, 0.1) is 5.92 Å². The molecular formula is C13H23BrO2. The maximum absolute atomic E-state index is 6.39. The Labute approximate surface area is 107 Å². The van der Waals surface area contributed by atoms with Gasteiger partial charge in [0.15, 0.2) is 0 Å². The predicted molar refractivity (Wildman–Crippen MR) is 69.1 cm³/mol. The van der Waals surface area contributed by atoms with Crippen molar-refractivity contribution in [1.82, 2.24) is 0 Å². The summed E-state index contributed by atoms with van der Waals surface area (Å²) >= 11 is 3.63. The number of hydrogen-bond acceptors (Lipinski definition) is 2. The Hall–Kier alpha value is 0.400. The van der Waals surface area contributed by atoms with Crippen molar-refractivity contribution in [3.8, 4) is 0 Å². The molecule has 0 aromatic carbocycles. The predicted octanol–water partition coefficient (Wildman–Crippen LogP) is 3.53. The van der Waals surface area contributed by atoms with Gasteiger partial charge in [0.1, 0.15) is 0 Å². The summed E-state index contributed by atoms with van der Waals surface area (Å²) in [4.78, 5) is 0. The second-order valence-electron chi connectivity index (χ2n) is 5.43. The number of halogens is 1. The van der Waals surface area contributed by atoms with E-state index in [2.05, 4.69) is 22.9 Å². The average Bonchev–Trinajstić information content (AvgIpc) is 2.33. The lowest BCUT2D eigenvalue weighted by molar-refractivity contribution is -0.138. The Morgan fingerprint density at radius 1 is 1.19 bits per heavy atom. The van der Waals surface area contributed by atoms with Crippen LogP contribution >= 0.6 is 15.9 Å². The van der Waals surface area contributed by atoms with Crippen LogP contribution in [0.2, 0.25) is 0 Å². The van der Waals surface area contributed by atoms with Crippen LogP contribution in [0.3, 0.4) is 0 Å². The Morgan fingerprint density at radius 3 is 2.38 bits per heavy atom. The molecular weight excluding hydrogens is 268 g/mol. The molecule has 0 radical (unpaired) electrons. The van der Waals surface area contributed by atoms with Gasteiger partial charge in [-0.05, 0) is 31.6 Å². The zero-order chi connectivity index (χ0) is 11.4. The molecule has 0 aromatic heterocycles. The fourth-order valence-corrected chi connectivity index (χ4v) is 3.42. The standard InChI is InChI=1S/C13H23BrO2/c1-11-2-4-12(5-3-11)16-13(10-14)6-8-15-9-7-13/h11-12H,2-10H2,1H3. The highest BCUT2D eigenvalue weighted by atomic mass is 79.9. The summed E-state index contributed by atoms with van der Waals surface area (Å²) in [5, 5.41) is 0.954. The van der Waals surface area contributed by atoms with Crippen LogP contribution in [0.25, 0.3) is 0 Å². The maximum Gasteiger partial charge on any atom is 0.0826 e. The van der Waals surface area contributed by atoms with Gasteiger partial charge in [0, 0.05) is 31.4 Å². The number of hydrogen-bond donors (Lipinski definition) is 0. The van der Waals surface area contributed by atoms with E-state index in [-0.39, 0.29) is 5.60 Å². The van der Waals surface area contributed by atoms with Gasteiger partial charge >= 0.3 is 0 Å². The molecule has 94 valence electrons. The molecule has 16 heavy (non-hydrogen) atoms. The second kappa shape index (κ2) is 5.83. The van der Waals surface area contributed by atoms with Crippen molar-refractivity contribution in [2.75, 3.05) is 18.5 Å². The van der Waals surface area contributed by atoms with Crippen LogP contribution in [-0.4, -0.2) is 30.2 Å². The van der Waals surface area contributed by atoms with Crippen LogP contribution in [0.4, 0.5) is 0 Å². The zero-order valence-corrected chi connectivity index (χ0v) is 11.8. The molecule has 0 atom stereocenters. The average molecular weight is 291 g/mol. The third kappa shape index (κ3) is 3.21. The van der Waals surface area contributed by atoms with Crippen molar-refractivity contribution in [2.24, 2.45) is 5.92 Å². The van der Waals surface area contributed by atoms with Crippen molar-refractivity contribution in [3.63, 3.8) is 0 Å². The first kappa shape index (κ1) is 12.8. The van der Waals surface area contributed by atoms with Gasteiger partial charge in [-0.1, -0.05) is 22.9 Å². The molecule has 1 saturated carbocycles. The third-order valence-corrected chi connectivity index (χ3v) is 5.05. The zero-order valence-electron chi connectivity index (χ0n) is 10.2. The minimum Gasteiger partial charge on any atom is -0.381 e.